The number of imidazole rings is 1. The highest BCUT2D eigenvalue weighted by Crippen LogP contribution is 2.28. The predicted molar refractivity (Wildman–Crippen MR) is 80.3 cm³/mol. The van der Waals surface area contributed by atoms with Gasteiger partial charge in [0.05, 0.1) is 5.69 Å². The van der Waals surface area contributed by atoms with Crippen LogP contribution in [0.15, 0.2) is 0 Å². The Hall–Kier alpha value is -1.17. The highest BCUT2D eigenvalue weighted by molar-refractivity contribution is 7.99. The summed E-state index contributed by atoms with van der Waals surface area (Å²) in [5.41, 5.74) is 9.21. The minimum absolute atomic E-state index is 0.635. The molecule has 0 saturated carbocycles. The third kappa shape index (κ3) is 2.22. The van der Waals surface area contributed by atoms with Crippen molar-refractivity contribution in [2.75, 3.05) is 17.2 Å². The van der Waals surface area contributed by atoms with Gasteiger partial charge in [0.2, 0.25) is 5.95 Å². The maximum atomic E-state index is 6.11. The first kappa shape index (κ1) is 12.8. The lowest BCUT2D eigenvalue weighted by Gasteiger charge is -2.22. The van der Waals surface area contributed by atoms with Gasteiger partial charge < -0.3 is 5.73 Å². The molecule has 2 aromatic heterocycles. The molecule has 1 aliphatic rings. The highest BCUT2D eigenvalue weighted by Gasteiger charge is 2.21. The molecule has 0 radical (unpaired) electrons. The topological polar surface area (TPSA) is 61.7 Å². The molecular weight excluding hydrogens is 258 g/mol. The van der Waals surface area contributed by atoms with Crippen LogP contribution in [0.2, 0.25) is 0 Å². The van der Waals surface area contributed by atoms with E-state index in [-0.39, 0.29) is 0 Å². The number of nitrogen functional groups attached to an aromatic ring is 1. The van der Waals surface area contributed by atoms with Gasteiger partial charge in [-0.25, -0.2) is 4.98 Å². The summed E-state index contributed by atoms with van der Waals surface area (Å²) < 4.78 is 4.08. The summed E-state index contributed by atoms with van der Waals surface area (Å²) >= 11 is 2.06. The van der Waals surface area contributed by atoms with Gasteiger partial charge in [-0.15, -0.1) is 0 Å². The molecule has 19 heavy (non-hydrogen) atoms. The second-order valence-corrected chi connectivity index (χ2v) is 6.46. The molecule has 104 valence electrons. The van der Waals surface area contributed by atoms with Gasteiger partial charge in [-0.3, -0.25) is 9.25 Å². The first-order chi connectivity index (χ1) is 9.20. The lowest BCUT2D eigenvalue weighted by atomic mass is 10.0. The summed E-state index contributed by atoms with van der Waals surface area (Å²) in [4.78, 5) is 4.52. The normalized spacial score (nSPS) is 17.4. The molecule has 0 bridgehead atoms. The minimum Gasteiger partial charge on any atom is -0.369 e. The van der Waals surface area contributed by atoms with Gasteiger partial charge in [-0.1, -0.05) is 6.92 Å². The third-order valence-electron chi connectivity index (χ3n) is 3.94. The Labute approximate surface area is 117 Å². The van der Waals surface area contributed by atoms with Gasteiger partial charge in [-0.2, -0.15) is 16.9 Å². The molecule has 1 aliphatic heterocycles. The fourth-order valence-electron chi connectivity index (χ4n) is 2.86. The quantitative estimate of drug-likeness (QED) is 0.934. The first-order valence-electron chi connectivity index (χ1n) is 6.96. The van der Waals surface area contributed by atoms with E-state index in [9.17, 15) is 0 Å². The van der Waals surface area contributed by atoms with Crippen LogP contribution in [0.5, 0.6) is 0 Å². The van der Waals surface area contributed by atoms with Crippen molar-refractivity contribution < 1.29 is 0 Å². The summed E-state index contributed by atoms with van der Waals surface area (Å²) in [5, 5.41) is 4.54. The standard InChI is InChI=1S/C13H21N5S/c1-3-10-11-12(17(2)16-10)18(13(14)15-11)8-9-4-6-19-7-5-9/h9H,3-8H2,1-2H3,(H2,14,15). The monoisotopic (exact) mass is 279 g/mol. The van der Waals surface area contributed by atoms with Gasteiger partial charge in [0, 0.05) is 13.6 Å². The van der Waals surface area contributed by atoms with Crippen LogP contribution in [-0.4, -0.2) is 30.8 Å². The van der Waals surface area contributed by atoms with Crippen molar-refractivity contribution in [3.8, 4) is 0 Å². The molecule has 5 nitrogen and oxygen atoms in total. The van der Waals surface area contributed by atoms with Crippen LogP contribution in [0.3, 0.4) is 0 Å². The second kappa shape index (κ2) is 5.07. The fourth-order valence-corrected chi connectivity index (χ4v) is 4.07. The Morgan fingerprint density at radius 2 is 2.11 bits per heavy atom. The van der Waals surface area contributed by atoms with E-state index in [1.807, 2.05) is 11.7 Å². The zero-order valence-corrected chi connectivity index (χ0v) is 12.4. The summed E-state index contributed by atoms with van der Waals surface area (Å²) in [6.07, 6.45) is 3.46. The average molecular weight is 279 g/mol. The van der Waals surface area contributed by atoms with E-state index in [1.54, 1.807) is 0 Å². The number of fused-ring (bicyclic) bond motifs is 1. The van der Waals surface area contributed by atoms with Gasteiger partial charge in [-0.05, 0) is 36.7 Å². The van der Waals surface area contributed by atoms with Crippen molar-refractivity contribution in [1.29, 1.82) is 0 Å². The van der Waals surface area contributed by atoms with Crippen LogP contribution in [0.4, 0.5) is 5.95 Å². The molecule has 0 aliphatic carbocycles. The Kier molecular flexibility index (Phi) is 3.43. The predicted octanol–water partition coefficient (Wildman–Crippen LogP) is 2.06. The van der Waals surface area contributed by atoms with Crippen LogP contribution >= 0.6 is 11.8 Å². The van der Waals surface area contributed by atoms with E-state index in [0.29, 0.717) is 5.95 Å². The minimum atomic E-state index is 0.635. The Bertz CT molecular complexity index is 579. The van der Waals surface area contributed by atoms with Gasteiger partial charge in [0.1, 0.15) is 5.52 Å². The Balaban J connectivity index is 1.97. The molecule has 2 aromatic rings. The summed E-state index contributed by atoms with van der Waals surface area (Å²) in [7, 11) is 1.98. The number of thioether (sulfide) groups is 1. The van der Waals surface area contributed by atoms with Crippen LogP contribution in [0.25, 0.3) is 11.2 Å². The lowest BCUT2D eigenvalue weighted by molar-refractivity contribution is 0.422. The van der Waals surface area contributed by atoms with E-state index in [4.69, 9.17) is 5.73 Å². The van der Waals surface area contributed by atoms with Crippen LogP contribution in [-0.2, 0) is 20.0 Å². The number of hydrogen-bond acceptors (Lipinski definition) is 4. The Morgan fingerprint density at radius 1 is 1.37 bits per heavy atom. The molecule has 0 spiro atoms. The zero-order chi connectivity index (χ0) is 13.4. The van der Waals surface area contributed by atoms with E-state index < -0.39 is 0 Å². The van der Waals surface area contributed by atoms with Crippen LogP contribution in [0.1, 0.15) is 25.5 Å². The molecular formula is C13H21N5S. The van der Waals surface area contributed by atoms with E-state index in [2.05, 4.69) is 33.3 Å². The maximum absolute atomic E-state index is 6.11. The zero-order valence-electron chi connectivity index (χ0n) is 11.6. The number of aromatic nitrogens is 4. The van der Waals surface area contributed by atoms with Crippen molar-refractivity contribution in [1.82, 2.24) is 19.3 Å². The third-order valence-corrected chi connectivity index (χ3v) is 4.99. The van der Waals surface area contributed by atoms with Crippen LogP contribution < -0.4 is 5.73 Å². The van der Waals surface area contributed by atoms with Gasteiger partial charge in [0.15, 0.2) is 5.65 Å². The molecule has 2 N–H and O–H groups in total. The van der Waals surface area contributed by atoms with E-state index >= 15 is 0 Å². The van der Waals surface area contributed by atoms with Crippen molar-refractivity contribution in [3.63, 3.8) is 0 Å². The van der Waals surface area contributed by atoms with Gasteiger partial charge >= 0.3 is 0 Å². The fraction of sp³-hybridized carbons (Fsp3) is 0.692. The highest BCUT2D eigenvalue weighted by atomic mass is 32.2. The number of rotatable bonds is 3. The van der Waals surface area contributed by atoms with Crippen molar-refractivity contribution in [2.45, 2.75) is 32.7 Å². The summed E-state index contributed by atoms with van der Waals surface area (Å²) in [6.45, 7) is 3.08. The number of hydrogen-bond donors (Lipinski definition) is 1. The van der Waals surface area contributed by atoms with Crippen molar-refractivity contribution in [2.24, 2.45) is 13.0 Å². The largest absolute Gasteiger partial charge is 0.369 e. The molecule has 0 atom stereocenters. The first-order valence-corrected chi connectivity index (χ1v) is 8.11. The number of aryl methyl sites for hydroxylation is 2. The molecule has 6 heteroatoms. The lowest BCUT2D eigenvalue weighted by Crippen LogP contribution is -2.18. The van der Waals surface area contributed by atoms with E-state index in [0.717, 1.165) is 35.7 Å². The van der Waals surface area contributed by atoms with E-state index in [1.165, 1.54) is 24.3 Å². The molecule has 3 heterocycles. The number of anilines is 1. The average Bonchev–Trinajstić information content (AvgIpc) is 2.90. The van der Waals surface area contributed by atoms with Gasteiger partial charge in [0.25, 0.3) is 0 Å². The Morgan fingerprint density at radius 3 is 2.79 bits per heavy atom. The van der Waals surface area contributed by atoms with Crippen molar-refractivity contribution in [3.05, 3.63) is 5.69 Å². The molecule has 0 unspecified atom stereocenters. The number of nitrogens with zero attached hydrogens (tertiary/aromatic N) is 4. The smallest absolute Gasteiger partial charge is 0.202 e. The molecule has 3 rings (SSSR count). The van der Waals surface area contributed by atoms with Crippen molar-refractivity contribution >= 4 is 28.9 Å². The number of nitrogens with two attached hydrogens (primary N) is 1. The summed E-state index contributed by atoms with van der Waals surface area (Å²) in [6, 6.07) is 0. The molecule has 0 aromatic carbocycles. The molecule has 1 fully saturated rings. The molecule has 1 saturated heterocycles. The second-order valence-electron chi connectivity index (χ2n) is 5.23. The maximum Gasteiger partial charge on any atom is 0.202 e. The van der Waals surface area contributed by atoms with Crippen LogP contribution in [0, 0.1) is 5.92 Å². The molecule has 0 amide bonds. The summed E-state index contributed by atoms with van der Waals surface area (Å²) in [5.74, 6) is 3.90. The SMILES string of the molecule is CCc1nn(C)c2c1nc(N)n2CC1CCSCC1.